The van der Waals surface area contributed by atoms with E-state index >= 15 is 0 Å². The van der Waals surface area contributed by atoms with E-state index in [-0.39, 0.29) is 0 Å². The van der Waals surface area contributed by atoms with Gasteiger partial charge < -0.3 is 5.32 Å². The molecule has 4 heteroatoms. The molecule has 1 fully saturated rings. The Bertz CT molecular complexity index is 352. The van der Waals surface area contributed by atoms with Crippen molar-refractivity contribution in [2.24, 2.45) is 0 Å². The maximum Gasteiger partial charge on any atom is 0.0534 e. The van der Waals surface area contributed by atoms with Gasteiger partial charge in [-0.3, -0.25) is 9.58 Å². The second-order valence-electron chi connectivity index (χ2n) is 5.54. The first kappa shape index (κ1) is 13.6. The molecule has 102 valence electrons. The molecule has 2 rings (SSSR count). The minimum Gasteiger partial charge on any atom is -0.313 e. The van der Waals surface area contributed by atoms with Crippen LogP contribution in [-0.4, -0.2) is 40.4 Å². The summed E-state index contributed by atoms with van der Waals surface area (Å²) in [6.07, 6.45) is 6.83. The topological polar surface area (TPSA) is 33.1 Å². The quantitative estimate of drug-likeness (QED) is 0.838. The number of aromatic nitrogens is 2. The standard InChI is InChI=1S/C14H26N4/c1-4-17(11-14-6-5-7-15-14)9-13-8-16-18(10-13)12(2)3/h8,10,12,14-15H,4-7,9,11H2,1-3H3. The second-order valence-corrected chi connectivity index (χ2v) is 5.54. The zero-order chi connectivity index (χ0) is 13.0. The molecule has 0 spiro atoms. The average Bonchev–Trinajstić information content (AvgIpc) is 2.99. The fourth-order valence-corrected chi connectivity index (χ4v) is 2.53. The third-order valence-corrected chi connectivity index (χ3v) is 3.68. The summed E-state index contributed by atoms with van der Waals surface area (Å²) < 4.78 is 2.04. The Morgan fingerprint density at radius 2 is 2.39 bits per heavy atom. The van der Waals surface area contributed by atoms with Gasteiger partial charge in [-0.05, 0) is 39.8 Å². The first-order valence-corrected chi connectivity index (χ1v) is 7.17. The number of hydrogen-bond donors (Lipinski definition) is 1. The SMILES string of the molecule is CCN(Cc1cnn(C(C)C)c1)CC1CCCN1. The molecule has 1 aromatic rings. The fraction of sp³-hybridized carbons (Fsp3) is 0.786. The van der Waals surface area contributed by atoms with Gasteiger partial charge in [0, 0.05) is 36.9 Å². The van der Waals surface area contributed by atoms with Gasteiger partial charge in [-0.2, -0.15) is 5.10 Å². The Morgan fingerprint density at radius 3 is 2.94 bits per heavy atom. The zero-order valence-corrected chi connectivity index (χ0v) is 11.9. The van der Waals surface area contributed by atoms with Crippen LogP contribution in [0.1, 0.15) is 45.2 Å². The summed E-state index contributed by atoms with van der Waals surface area (Å²) in [5.41, 5.74) is 1.32. The maximum absolute atomic E-state index is 4.41. The third-order valence-electron chi connectivity index (χ3n) is 3.68. The molecule has 4 nitrogen and oxygen atoms in total. The summed E-state index contributed by atoms with van der Waals surface area (Å²) in [6, 6.07) is 1.13. The molecule has 1 N–H and O–H groups in total. The van der Waals surface area contributed by atoms with Gasteiger partial charge in [0.2, 0.25) is 0 Å². The highest BCUT2D eigenvalue weighted by Crippen LogP contribution is 2.11. The number of hydrogen-bond acceptors (Lipinski definition) is 3. The Hall–Kier alpha value is -0.870. The lowest BCUT2D eigenvalue weighted by Gasteiger charge is -2.23. The van der Waals surface area contributed by atoms with E-state index in [2.05, 4.69) is 42.3 Å². The highest BCUT2D eigenvalue weighted by atomic mass is 15.3. The van der Waals surface area contributed by atoms with Crippen LogP contribution in [0.5, 0.6) is 0 Å². The molecule has 0 aromatic carbocycles. The number of likely N-dealkylation sites (N-methyl/N-ethyl adjacent to an activating group) is 1. The van der Waals surface area contributed by atoms with E-state index in [1.807, 2.05) is 10.9 Å². The van der Waals surface area contributed by atoms with E-state index in [9.17, 15) is 0 Å². The smallest absolute Gasteiger partial charge is 0.0534 e. The Labute approximate surface area is 110 Å². The summed E-state index contributed by atoms with van der Waals surface area (Å²) in [4.78, 5) is 2.50. The molecular weight excluding hydrogens is 224 g/mol. The summed E-state index contributed by atoms with van der Waals surface area (Å²) in [5, 5.41) is 7.98. The third kappa shape index (κ3) is 3.56. The molecular formula is C14H26N4. The van der Waals surface area contributed by atoms with E-state index in [1.165, 1.54) is 24.9 Å². The minimum absolute atomic E-state index is 0.449. The van der Waals surface area contributed by atoms with E-state index in [4.69, 9.17) is 0 Å². The van der Waals surface area contributed by atoms with Crippen molar-refractivity contribution in [3.05, 3.63) is 18.0 Å². The van der Waals surface area contributed by atoms with Crippen LogP contribution in [0.4, 0.5) is 0 Å². The van der Waals surface area contributed by atoms with Crippen LogP contribution in [0.2, 0.25) is 0 Å². The predicted octanol–water partition coefficient (Wildman–Crippen LogP) is 2.04. The van der Waals surface area contributed by atoms with Gasteiger partial charge >= 0.3 is 0 Å². The molecule has 0 radical (unpaired) electrons. The van der Waals surface area contributed by atoms with Gasteiger partial charge in [0.1, 0.15) is 0 Å². The van der Waals surface area contributed by atoms with Crippen LogP contribution in [-0.2, 0) is 6.54 Å². The highest BCUT2D eigenvalue weighted by molar-refractivity contribution is 5.04. The molecule has 0 aliphatic carbocycles. The molecule has 2 heterocycles. The predicted molar refractivity (Wildman–Crippen MR) is 74.6 cm³/mol. The van der Waals surface area contributed by atoms with Crippen LogP contribution in [0.3, 0.4) is 0 Å². The fourth-order valence-electron chi connectivity index (χ4n) is 2.53. The van der Waals surface area contributed by atoms with E-state index in [0.29, 0.717) is 12.1 Å². The largest absolute Gasteiger partial charge is 0.313 e. The van der Waals surface area contributed by atoms with Crippen molar-refractivity contribution in [1.82, 2.24) is 20.0 Å². The summed E-state index contributed by atoms with van der Waals surface area (Å²) >= 11 is 0. The molecule has 0 bridgehead atoms. The van der Waals surface area contributed by atoms with Crippen molar-refractivity contribution in [2.45, 2.75) is 52.2 Å². The lowest BCUT2D eigenvalue weighted by Crippen LogP contribution is -2.37. The van der Waals surface area contributed by atoms with Crippen LogP contribution in [0, 0.1) is 0 Å². The Balaban J connectivity index is 1.88. The molecule has 1 aliphatic rings. The van der Waals surface area contributed by atoms with Crippen molar-refractivity contribution in [1.29, 1.82) is 0 Å². The Morgan fingerprint density at radius 1 is 1.56 bits per heavy atom. The summed E-state index contributed by atoms with van der Waals surface area (Å²) in [7, 11) is 0. The van der Waals surface area contributed by atoms with Gasteiger partial charge in [0.15, 0.2) is 0 Å². The monoisotopic (exact) mass is 250 g/mol. The van der Waals surface area contributed by atoms with Crippen molar-refractivity contribution >= 4 is 0 Å². The first-order chi connectivity index (χ1) is 8.69. The molecule has 1 atom stereocenters. The van der Waals surface area contributed by atoms with E-state index < -0.39 is 0 Å². The summed E-state index contributed by atoms with van der Waals surface area (Å²) in [5.74, 6) is 0. The van der Waals surface area contributed by atoms with Crippen molar-refractivity contribution in [3.8, 4) is 0 Å². The molecule has 1 aromatic heterocycles. The molecule has 1 saturated heterocycles. The van der Waals surface area contributed by atoms with Crippen LogP contribution in [0.25, 0.3) is 0 Å². The average molecular weight is 250 g/mol. The number of nitrogens with zero attached hydrogens (tertiary/aromatic N) is 3. The van der Waals surface area contributed by atoms with E-state index in [1.54, 1.807) is 0 Å². The van der Waals surface area contributed by atoms with Crippen LogP contribution < -0.4 is 5.32 Å². The van der Waals surface area contributed by atoms with Crippen molar-refractivity contribution in [2.75, 3.05) is 19.6 Å². The second kappa shape index (κ2) is 6.34. The van der Waals surface area contributed by atoms with Gasteiger partial charge in [0.25, 0.3) is 0 Å². The molecule has 1 unspecified atom stereocenters. The van der Waals surface area contributed by atoms with Crippen molar-refractivity contribution in [3.63, 3.8) is 0 Å². The zero-order valence-electron chi connectivity index (χ0n) is 11.9. The molecule has 0 amide bonds. The molecule has 0 saturated carbocycles. The minimum atomic E-state index is 0.449. The lowest BCUT2D eigenvalue weighted by atomic mass is 10.2. The van der Waals surface area contributed by atoms with Crippen LogP contribution >= 0.6 is 0 Å². The van der Waals surface area contributed by atoms with Crippen molar-refractivity contribution < 1.29 is 0 Å². The number of rotatable bonds is 6. The maximum atomic E-state index is 4.41. The lowest BCUT2D eigenvalue weighted by molar-refractivity contribution is 0.253. The first-order valence-electron chi connectivity index (χ1n) is 7.17. The van der Waals surface area contributed by atoms with Gasteiger partial charge in [-0.25, -0.2) is 0 Å². The summed E-state index contributed by atoms with van der Waals surface area (Å²) in [6.45, 7) is 11.0. The molecule has 1 aliphatic heterocycles. The van der Waals surface area contributed by atoms with Gasteiger partial charge in [-0.1, -0.05) is 6.92 Å². The van der Waals surface area contributed by atoms with Gasteiger partial charge in [0.05, 0.1) is 6.20 Å². The Kier molecular flexibility index (Phi) is 4.78. The molecule has 18 heavy (non-hydrogen) atoms. The van der Waals surface area contributed by atoms with Crippen LogP contribution in [0.15, 0.2) is 12.4 Å². The normalized spacial score (nSPS) is 20.2. The number of nitrogens with one attached hydrogen (secondary N) is 1. The van der Waals surface area contributed by atoms with Gasteiger partial charge in [-0.15, -0.1) is 0 Å². The highest BCUT2D eigenvalue weighted by Gasteiger charge is 2.17. The van der Waals surface area contributed by atoms with E-state index in [0.717, 1.165) is 19.6 Å².